The van der Waals surface area contributed by atoms with Crippen LogP contribution in [0.1, 0.15) is 5.82 Å². The van der Waals surface area contributed by atoms with Gasteiger partial charge in [0.2, 0.25) is 0 Å². The highest BCUT2D eigenvalue weighted by atomic mass is 35.5. The molecule has 0 saturated heterocycles. The highest BCUT2D eigenvalue weighted by Crippen LogP contribution is 2.30. The minimum absolute atomic E-state index is 0.438. The Labute approximate surface area is 119 Å². The Bertz CT molecular complexity index is 722. The largest absolute Gasteiger partial charge is 0.236 e. The lowest BCUT2D eigenvalue weighted by Gasteiger charge is -2.04. The maximum Gasteiger partial charge on any atom is 0.133 e. The van der Waals surface area contributed by atoms with E-state index in [0.29, 0.717) is 11.0 Å². The maximum atomic E-state index is 5.94. The number of fused-ring (bicyclic) bond motifs is 1. The molecule has 0 N–H and O–H groups in total. The molecule has 0 radical (unpaired) electrons. The van der Waals surface area contributed by atoms with Crippen molar-refractivity contribution < 1.29 is 0 Å². The van der Waals surface area contributed by atoms with Crippen molar-refractivity contribution in [2.75, 3.05) is 0 Å². The molecule has 0 amide bonds. The number of hydrogen-bond donors (Lipinski definition) is 0. The van der Waals surface area contributed by atoms with E-state index in [0.717, 1.165) is 21.0 Å². The molecule has 0 unspecified atom stereocenters. The third kappa shape index (κ3) is 2.67. The Morgan fingerprint density at radius 3 is 2.79 bits per heavy atom. The molecule has 0 saturated carbocycles. The van der Waals surface area contributed by atoms with Crippen LogP contribution in [0.5, 0.6) is 0 Å². The van der Waals surface area contributed by atoms with Crippen molar-refractivity contribution in [2.45, 2.75) is 17.0 Å². The molecular weight excluding hydrogens is 280 g/mol. The predicted molar refractivity (Wildman–Crippen MR) is 75.4 cm³/mol. The molecule has 6 heteroatoms. The molecular formula is C13H9ClN4S. The first-order valence-corrected chi connectivity index (χ1v) is 6.80. The van der Waals surface area contributed by atoms with Crippen molar-refractivity contribution in [1.29, 1.82) is 0 Å². The molecule has 3 rings (SSSR count). The number of nitrogens with zero attached hydrogens (tertiary/aromatic N) is 4. The van der Waals surface area contributed by atoms with Gasteiger partial charge in [-0.3, -0.25) is 0 Å². The van der Waals surface area contributed by atoms with E-state index in [-0.39, 0.29) is 0 Å². The van der Waals surface area contributed by atoms with Crippen molar-refractivity contribution in [3.8, 4) is 0 Å². The summed E-state index contributed by atoms with van der Waals surface area (Å²) in [6.07, 6.45) is 1.56. The van der Waals surface area contributed by atoms with E-state index in [4.69, 9.17) is 11.6 Å². The van der Waals surface area contributed by atoms with Gasteiger partial charge in [0.05, 0.1) is 5.52 Å². The summed E-state index contributed by atoms with van der Waals surface area (Å²) in [4.78, 5) is 16.9. The minimum atomic E-state index is 0.438. The van der Waals surface area contributed by atoms with Crippen molar-refractivity contribution >= 4 is 34.3 Å². The third-order valence-corrected chi connectivity index (χ3v) is 3.62. The van der Waals surface area contributed by atoms with Gasteiger partial charge in [0.15, 0.2) is 0 Å². The maximum absolute atomic E-state index is 5.94. The molecule has 0 aliphatic heterocycles. The molecule has 0 atom stereocenters. The van der Waals surface area contributed by atoms with Crippen LogP contribution in [0.25, 0.3) is 10.9 Å². The zero-order chi connectivity index (χ0) is 13.2. The van der Waals surface area contributed by atoms with Crippen LogP contribution in [0.2, 0.25) is 5.15 Å². The van der Waals surface area contributed by atoms with Gasteiger partial charge in [-0.1, -0.05) is 29.8 Å². The Balaban J connectivity index is 2.05. The van der Waals surface area contributed by atoms with Gasteiger partial charge in [-0.25, -0.2) is 19.9 Å². The second-order valence-electron chi connectivity index (χ2n) is 3.87. The van der Waals surface area contributed by atoms with E-state index in [1.165, 1.54) is 11.8 Å². The average molecular weight is 289 g/mol. The van der Waals surface area contributed by atoms with Gasteiger partial charge >= 0.3 is 0 Å². The van der Waals surface area contributed by atoms with Crippen molar-refractivity contribution in [2.24, 2.45) is 0 Å². The quantitative estimate of drug-likeness (QED) is 0.675. The van der Waals surface area contributed by atoms with Crippen molar-refractivity contribution in [3.63, 3.8) is 0 Å². The van der Waals surface area contributed by atoms with E-state index in [1.54, 1.807) is 12.4 Å². The Kier molecular flexibility index (Phi) is 3.31. The molecule has 2 heterocycles. The summed E-state index contributed by atoms with van der Waals surface area (Å²) in [6, 6.07) is 9.60. The number of benzene rings is 1. The number of halogens is 1. The summed E-state index contributed by atoms with van der Waals surface area (Å²) in [7, 11) is 0. The van der Waals surface area contributed by atoms with Crippen LogP contribution in [0.15, 0.2) is 46.7 Å². The normalized spacial score (nSPS) is 10.8. The second kappa shape index (κ2) is 5.11. The van der Waals surface area contributed by atoms with Crippen LogP contribution in [-0.4, -0.2) is 19.9 Å². The lowest BCUT2D eigenvalue weighted by molar-refractivity contribution is 0.964. The van der Waals surface area contributed by atoms with Gasteiger partial charge in [-0.2, -0.15) is 0 Å². The fraction of sp³-hybridized carbons (Fsp3) is 0.0769. The zero-order valence-electron chi connectivity index (χ0n) is 10.0. The number of aryl methyl sites for hydroxylation is 1. The van der Waals surface area contributed by atoms with Crippen LogP contribution in [0, 0.1) is 6.92 Å². The monoisotopic (exact) mass is 288 g/mol. The summed E-state index contributed by atoms with van der Waals surface area (Å²) in [5.74, 6) is 0.647. The molecule has 1 aromatic carbocycles. The topological polar surface area (TPSA) is 51.6 Å². The Morgan fingerprint density at radius 2 is 1.95 bits per heavy atom. The van der Waals surface area contributed by atoms with Gasteiger partial charge in [0.1, 0.15) is 27.4 Å². The van der Waals surface area contributed by atoms with Crippen LogP contribution in [0.4, 0.5) is 0 Å². The van der Waals surface area contributed by atoms with Crippen molar-refractivity contribution in [1.82, 2.24) is 19.9 Å². The molecule has 0 bridgehead atoms. The number of aromatic nitrogens is 4. The van der Waals surface area contributed by atoms with E-state index in [2.05, 4.69) is 19.9 Å². The Morgan fingerprint density at radius 1 is 1.11 bits per heavy atom. The standard InChI is InChI=1S/C13H9ClN4S/c1-8-17-11(14)6-12(18-8)19-13-9-4-2-3-5-10(9)15-7-16-13/h2-7H,1H3. The van der Waals surface area contributed by atoms with E-state index in [9.17, 15) is 0 Å². The van der Waals surface area contributed by atoms with E-state index < -0.39 is 0 Å². The van der Waals surface area contributed by atoms with Crippen LogP contribution in [0.3, 0.4) is 0 Å². The van der Waals surface area contributed by atoms with Crippen LogP contribution >= 0.6 is 23.4 Å². The first kappa shape index (κ1) is 12.3. The molecule has 0 aliphatic rings. The number of hydrogen-bond acceptors (Lipinski definition) is 5. The molecule has 3 aromatic rings. The molecule has 19 heavy (non-hydrogen) atoms. The smallest absolute Gasteiger partial charge is 0.133 e. The number of rotatable bonds is 2. The fourth-order valence-corrected chi connectivity index (χ4v) is 2.94. The third-order valence-electron chi connectivity index (χ3n) is 2.49. The molecule has 94 valence electrons. The van der Waals surface area contributed by atoms with Crippen LogP contribution < -0.4 is 0 Å². The van der Waals surface area contributed by atoms with Gasteiger partial charge in [-0.15, -0.1) is 0 Å². The minimum Gasteiger partial charge on any atom is -0.236 e. The molecule has 0 fully saturated rings. The molecule has 0 spiro atoms. The predicted octanol–water partition coefficient (Wildman–Crippen LogP) is 3.53. The SMILES string of the molecule is Cc1nc(Cl)cc(Sc2ncnc3ccccc23)n1. The summed E-state index contributed by atoms with van der Waals surface area (Å²) in [5.41, 5.74) is 0.914. The summed E-state index contributed by atoms with van der Waals surface area (Å²) in [6.45, 7) is 1.81. The summed E-state index contributed by atoms with van der Waals surface area (Å²) >= 11 is 7.40. The highest BCUT2D eigenvalue weighted by Gasteiger charge is 2.07. The summed E-state index contributed by atoms with van der Waals surface area (Å²) < 4.78 is 0. The van der Waals surface area contributed by atoms with Gasteiger partial charge in [0.25, 0.3) is 0 Å². The van der Waals surface area contributed by atoms with E-state index in [1.807, 2.05) is 31.2 Å². The van der Waals surface area contributed by atoms with Gasteiger partial charge in [-0.05, 0) is 24.8 Å². The zero-order valence-corrected chi connectivity index (χ0v) is 11.6. The fourth-order valence-electron chi connectivity index (χ4n) is 1.72. The van der Waals surface area contributed by atoms with Crippen molar-refractivity contribution in [3.05, 3.63) is 47.6 Å². The van der Waals surface area contributed by atoms with Crippen LogP contribution in [-0.2, 0) is 0 Å². The van der Waals surface area contributed by atoms with Gasteiger partial charge in [0, 0.05) is 11.5 Å². The number of para-hydroxylation sites is 1. The first-order chi connectivity index (χ1) is 9.22. The highest BCUT2D eigenvalue weighted by molar-refractivity contribution is 7.99. The van der Waals surface area contributed by atoms with E-state index >= 15 is 0 Å². The first-order valence-electron chi connectivity index (χ1n) is 5.61. The lowest BCUT2D eigenvalue weighted by Crippen LogP contribution is -1.91. The molecule has 0 aliphatic carbocycles. The lowest BCUT2D eigenvalue weighted by atomic mass is 10.2. The van der Waals surface area contributed by atoms with Gasteiger partial charge < -0.3 is 0 Å². The molecule has 4 nitrogen and oxygen atoms in total. The summed E-state index contributed by atoms with van der Waals surface area (Å²) in [5, 5.41) is 3.08. The second-order valence-corrected chi connectivity index (χ2v) is 5.27. The average Bonchev–Trinajstić information content (AvgIpc) is 2.38. The Hall–Kier alpha value is -1.72. The molecule has 2 aromatic heterocycles.